The van der Waals surface area contributed by atoms with Crippen LogP contribution >= 0.6 is 0 Å². The number of carbonyl (C=O) groups is 1. The topological polar surface area (TPSA) is 112 Å². The molecule has 44 heavy (non-hydrogen) atoms. The van der Waals surface area contributed by atoms with Crippen molar-refractivity contribution in [2.75, 3.05) is 59.8 Å². The number of nitrogens with zero attached hydrogens (tertiary/aromatic N) is 6. The Morgan fingerprint density at radius 1 is 0.932 bits per heavy atom. The average Bonchev–Trinajstić information content (AvgIpc) is 3.52. The minimum Gasteiger partial charge on any atom is -0.377 e. The summed E-state index contributed by atoms with van der Waals surface area (Å²) in [5.74, 6) is 0.849. The number of amides is 2. The van der Waals surface area contributed by atoms with Crippen molar-refractivity contribution in [1.82, 2.24) is 25.1 Å². The highest BCUT2D eigenvalue weighted by Crippen LogP contribution is 2.38. The van der Waals surface area contributed by atoms with Gasteiger partial charge in [0.2, 0.25) is 0 Å². The summed E-state index contributed by atoms with van der Waals surface area (Å²) in [6.45, 7) is 3.59. The highest BCUT2D eigenvalue weighted by Gasteiger charge is 2.40. The zero-order valence-corrected chi connectivity index (χ0v) is 23.8. The molecule has 2 aromatic carbocycles. The highest BCUT2D eigenvalue weighted by molar-refractivity contribution is 6.00. The van der Waals surface area contributed by atoms with Crippen molar-refractivity contribution in [3.8, 4) is 11.4 Å². The smallest absolute Gasteiger partial charge is 0.377 e. The van der Waals surface area contributed by atoms with Gasteiger partial charge >= 0.3 is 12.2 Å². The molecular weight excluding hydrogens is 575 g/mol. The van der Waals surface area contributed by atoms with Gasteiger partial charge in [-0.15, -0.1) is 0 Å². The maximum atomic E-state index is 13.4. The third-order valence-electron chi connectivity index (χ3n) is 8.30. The third-order valence-corrected chi connectivity index (χ3v) is 8.30. The number of carbonyl (C=O) groups excluding carboxylic acids is 1. The van der Waals surface area contributed by atoms with Crippen molar-refractivity contribution >= 4 is 39.9 Å². The third kappa shape index (κ3) is 5.86. The van der Waals surface area contributed by atoms with Crippen LogP contribution in [-0.2, 0) is 11.3 Å². The van der Waals surface area contributed by atoms with Crippen LogP contribution < -0.4 is 25.8 Å². The Morgan fingerprint density at radius 2 is 1.57 bits per heavy atom. The lowest BCUT2D eigenvalue weighted by Crippen LogP contribution is -2.46. The van der Waals surface area contributed by atoms with Crippen molar-refractivity contribution in [2.24, 2.45) is 0 Å². The van der Waals surface area contributed by atoms with E-state index in [0.29, 0.717) is 41.4 Å². The number of hydrogen-bond acceptors (Lipinski definition) is 8. The zero-order chi connectivity index (χ0) is 30.3. The minimum absolute atomic E-state index is 0.0917. The van der Waals surface area contributed by atoms with Gasteiger partial charge in [-0.25, -0.2) is 19.4 Å². The normalized spacial score (nSPS) is 20.2. The second-order valence-electron chi connectivity index (χ2n) is 11.3. The van der Waals surface area contributed by atoms with Gasteiger partial charge in [-0.1, -0.05) is 0 Å². The predicted molar refractivity (Wildman–Crippen MR) is 161 cm³/mol. The van der Waals surface area contributed by atoms with Crippen LogP contribution in [0.15, 0.2) is 54.7 Å². The number of morpholine rings is 1. The van der Waals surface area contributed by atoms with E-state index < -0.39 is 18.8 Å². The second kappa shape index (κ2) is 11.6. The van der Waals surface area contributed by atoms with Gasteiger partial charge in [-0.3, -0.25) is 0 Å². The fraction of sp³-hybridized carbons (Fsp3) is 0.400. The Morgan fingerprint density at radius 3 is 2.20 bits per heavy atom. The summed E-state index contributed by atoms with van der Waals surface area (Å²) in [5.41, 5.74) is 3.04. The number of anilines is 4. The molecule has 5 heterocycles. The number of ether oxygens (including phenoxy) is 1. The molecule has 3 fully saturated rings. The van der Waals surface area contributed by atoms with Crippen LogP contribution in [0.2, 0.25) is 0 Å². The molecule has 3 aliphatic heterocycles. The number of hydrogen-bond donors (Lipinski definition) is 3. The number of aromatic nitrogens is 4. The number of benzene rings is 2. The second-order valence-corrected chi connectivity index (χ2v) is 11.3. The molecule has 2 aromatic heterocycles. The molecule has 7 rings (SSSR count). The van der Waals surface area contributed by atoms with Crippen LogP contribution in [0.5, 0.6) is 0 Å². The molecule has 14 heteroatoms. The van der Waals surface area contributed by atoms with Crippen molar-refractivity contribution in [2.45, 2.75) is 37.6 Å². The summed E-state index contributed by atoms with van der Waals surface area (Å²) in [6.07, 6.45) is -1.20. The molecule has 11 nitrogen and oxygen atoms in total. The van der Waals surface area contributed by atoms with Crippen LogP contribution in [0, 0.1) is 0 Å². The Kier molecular flexibility index (Phi) is 7.46. The van der Waals surface area contributed by atoms with Crippen LogP contribution in [0.3, 0.4) is 0 Å². The zero-order valence-electron chi connectivity index (χ0n) is 23.8. The Labute approximate surface area is 251 Å². The van der Waals surface area contributed by atoms with Crippen molar-refractivity contribution in [1.29, 1.82) is 0 Å². The molecule has 0 aliphatic carbocycles. The number of rotatable bonds is 6. The number of nitrogens with one attached hydrogen (secondary N) is 3. The number of fused-ring (bicyclic) bond motifs is 3. The fourth-order valence-electron chi connectivity index (χ4n) is 6.20. The summed E-state index contributed by atoms with van der Waals surface area (Å²) in [6, 6.07) is 14.4. The summed E-state index contributed by atoms with van der Waals surface area (Å²) < 4.78 is 46.7. The molecule has 3 saturated heterocycles. The highest BCUT2D eigenvalue weighted by atomic mass is 19.4. The van der Waals surface area contributed by atoms with Crippen LogP contribution in [-0.4, -0.2) is 83.4 Å². The number of alkyl halides is 3. The van der Waals surface area contributed by atoms with Crippen LogP contribution in [0.25, 0.3) is 22.4 Å². The van der Waals surface area contributed by atoms with Gasteiger partial charge in [-0.2, -0.15) is 18.3 Å². The molecule has 2 bridgehead atoms. The molecule has 4 aromatic rings. The minimum atomic E-state index is -4.46. The number of urea groups is 1. The molecule has 0 spiro atoms. The lowest BCUT2D eigenvalue weighted by Gasteiger charge is -2.36. The van der Waals surface area contributed by atoms with Crippen molar-refractivity contribution < 1.29 is 22.7 Å². The molecule has 3 N–H and O–H groups in total. The molecule has 2 atom stereocenters. The molecule has 3 aliphatic rings. The van der Waals surface area contributed by atoms with Gasteiger partial charge in [0.05, 0.1) is 36.9 Å². The first kappa shape index (κ1) is 28.3. The lowest BCUT2D eigenvalue weighted by molar-refractivity contribution is -0.141. The van der Waals surface area contributed by atoms with E-state index in [-0.39, 0.29) is 23.6 Å². The first-order valence-corrected chi connectivity index (χ1v) is 14.7. The maximum Gasteiger partial charge on any atom is 0.408 e. The summed E-state index contributed by atoms with van der Waals surface area (Å²) in [4.78, 5) is 26.5. The van der Waals surface area contributed by atoms with E-state index in [1.54, 1.807) is 24.3 Å². The Hall–Kier alpha value is -4.43. The molecule has 2 unspecified atom stereocenters. The maximum absolute atomic E-state index is 13.4. The van der Waals surface area contributed by atoms with Gasteiger partial charge in [0, 0.05) is 48.8 Å². The molecular formula is C30H32F3N9O2. The molecule has 230 valence electrons. The van der Waals surface area contributed by atoms with E-state index in [1.165, 1.54) is 6.20 Å². The molecule has 0 radical (unpaired) electrons. The van der Waals surface area contributed by atoms with E-state index in [9.17, 15) is 18.0 Å². The molecule has 2 amide bonds. The van der Waals surface area contributed by atoms with E-state index >= 15 is 0 Å². The van der Waals surface area contributed by atoms with Gasteiger partial charge in [0.15, 0.2) is 11.5 Å². The van der Waals surface area contributed by atoms with Crippen LogP contribution in [0.4, 0.5) is 40.8 Å². The van der Waals surface area contributed by atoms with Gasteiger partial charge in [0.25, 0.3) is 0 Å². The first-order valence-electron chi connectivity index (χ1n) is 14.7. The monoisotopic (exact) mass is 607 g/mol. The van der Waals surface area contributed by atoms with E-state index in [1.807, 2.05) is 24.3 Å². The Balaban J connectivity index is 1.10. The molecule has 0 saturated carbocycles. The van der Waals surface area contributed by atoms with Crippen molar-refractivity contribution in [3.63, 3.8) is 0 Å². The Bertz CT molecular complexity index is 1620. The predicted octanol–water partition coefficient (Wildman–Crippen LogP) is 4.48. The standard InChI is InChI=1S/C30H32F3N9O2/c31-30(32,33)18-41-27-25(15-35-41)28(42-23-9-10-24(42)17-44-16-23)39-26(38-27)19-1-3-20(4-2-19)36-29(43)37-21-5-7-22(8-6-21)40-13-11-34-12-14-40/h1-8,15,23-24,34H,9-14,16-18H2,(H2,36,37,43). The number of halogens is 3. The van der Waals surface area contributed by atoms with E-state index in [0.717, 1.165) is 49.4 Å². The van der Waals surface area contributed by atoms with Crippen molar-refractivity contribution in [3.05, 3.63) is 54.7 Å². The van der Waals surface area contributed by atoms with Gasteiger partial charge in [0.1, 0.15) is 12.4 Å². The largest absolute Gasteiger partial charge is 0.408 e. The quantitative estimate of drug-likeness (QED) is 0.294. The number of piperazine rings is 1. The van der Waals surface area contributed by atoms with Gasteiger partial charge in [-0.05, 0) is 61.4 Å². The summed E-state index contributed by atoms with van der Waals surface area (Å²) >= 11 is 0. The van der Waals surface area contributed by atoms with E-state index in [2.05, 4.69) is 35.8 Å². The lowest BCUT2D eigenvalue weighted by atomic mass is 10.1. The van der Waals surface area contributed by atoms with E-state index in [4.69, 9.17) is 9.72 Å². The first-order chi connectivity index (χ1) is 21.3. The SMILES string of the molecule is O=C(Nc1ccc(-c2nc(N3C4CCC3COC4)c3cnn(CC(F)(F)F)c3n2)cc1)Nc1ccc(N2CCNCC2)cc1. The van der Waals surface area contributed by atoms with Crippen LogP contribution in [0.1, 0.15) is 12.8 Å². The van der Waals surface area contributed by atoms with Gasteiger partial charge < -0.3 is 30.5 Å². The fourth-order valence-corrected chi connectivity index (χ4v) is 6.20. The summed E-state index contributed by atoms with van der Waals surface area (Å²) in [7, 11) is 0. The summed E-state index contributed by atoms with van der Waals surface area (Å²) in [5, 5.41) is 13.5. The average molecular weight is 608 g/mol.